The molecule has 10 heteroatoms. The van der Waals surface area contributed by atoms with Crippen LogP contribution in [0.1, 0.15) is 38.7 Å². The Labute approximate surface area is 221 Å². The van der Waals surface area contributed by atoms with Crippen LogP contribution in [0.2, 0.25) is 0 Å². The van der Waals surface area contributed by atoms with Crippen LogP contribution in [0, 0.1) is 5.82 Å². The molecule has 0 bridgehead atoms. The number of benzene rings is 2. The molecule has 0 aromatic heterocycles. The van der Waals surface area contributed by atoms with Gasteiger partial charge in [-0.2, -0.15) is 0 Å². The standard InChI is InChI=1S/C28H34FN3O6/c1-3-36-22-13-19(14-23(37-4-2)25(22)20-5-7-21(29)8-6-20)16-31-17-27(18-31)15-24(30-38-27)32-11-9-28(35,10-12-32)26(33)34/h5-8,13-14,35H,3-4,9-12,15-18H2,1-2H3,(H,33,34). The van der Waals surface area contributed by atoms with Crippen molar-refractivity contribution in [2.45, 2.75) is 50.9 Å². The Morgan fingerprint density at radius 2 is 1.68 bits per heavy atom. The second-order valence-electron chi connectivity index (χ2n) is 10.3. The maximum atomic E-state index is 13.5. The third-order valence-electron chi connectivity index (χ3n) is 7.47. The van der Waals surface area contributed by atoms with Gasteiger partial charge in [0.15, 0.2) is 11.2 Å². The number of nitrogens with zero attached hydrogens (tertiary/aromatic N) is 3. The number of oxime groups is 1. The fraction of sp³-hybridized carbons (Fsp3) is 0.500. The van der Waals surface area contributed by atoms with Gasteiger partial charge in [-0.25, -0.2) is 9.18 Å². The minimum Gasteiger partial charge on any atom is -0.493 e. The number of amidine groups is 1. The first-order valence-electron chi connectivity index (χ1n) is 13.1. The van der Waals surface area contributed by atoms with Crippen LogP contribution in [0.5, 0.6) is 11.5 Å². The average molecular weight is 528 g/mol. The summed E-state index contributed by atoms with van der Waals surface area (Å²) >= 11 is 0. The minimum absolute atomic E-state index is 0.165. The van der Waals surface area contributed by atoms with Crippen molar-refractivity contribution in [1.29, 1.82) is 0 Å². The van der Waals surface area contributed by atoms with Gasteiger partial charge in [0.2, 0.25) is 0 Å². The van der Waals surface area contributed by atoms with E-state index in [2.05, 4.69) is 10.1 Å². The van der Waals surface area contributed by atoms with Crippen LogP contribution in [0.15, 0.2) is 41.6 Å². The molecule has 1 spiro atoms. The Bertz CT molecular complexity index is 1180. The molecule has 0 saturated carbocycles. The number of carbonyl (C=O) groups is 1. The molecule has 204 valence electrons. The van der Waals surface area contributed by atoms with Crippen LogP contribution in [-0.2, 0) is 16.2 Å². The lowest BCUT2D eigenvalue weighted by molar-refractivity contribution is -0.162. The number of aliphatic hydroxyl groups is 1. The number of carboxylic acids is 1. The summed E-state index contributed by atoms with van der Waals surface area (Å²) in [7, 11) is 0. The number of likely N-dealkylation sites (tertiary alicyclic amines) is 2. The highest BCUT2D eigenvalue weighted by Gasteiger charge is 2.51. The Hall–Kier alpha value is -3.37. The molecule has 0 amide bonds. The number of hydrogen-bond donors (Lipinski definition) is 2. The quantitative estimate of drug-likeness (QED) is 0.538. The zero-order valence-electron chi connectivity index (χ0n) is 21.8. The molecule has 0 radical (unpaired) electrons. The summed E-state index contributed by atoms with van der Waals surface area (Å²) in [5.41, 5.74) is 0.646. The van der Waals surface area contributed by atoms with Gasteiger partial charge in [-0.15, -0.1) is 0 Å². The lowest BCUT2D eigenvalue weighted by Crippen LogP contribution is -2.61. The van der Waals surface area contributed by atoms with E-state index in [-0.39, 0.29) is 24.3 Å². The fourth-order valence-electron chi connectivity index (χ4n) is 5.50. The Morgan fingerprint density at radius 3 is 2.24 bits per heavy atom. The normalized spacial score (nSPS) is 20.0. The smallest absolute Gasteiger partial charge is 0.335 e. The summed E-state index contributed by atoms with van der Waals surface area (Å²) in [5.74, 6) is 0.752. The number of hydrogen-bond acceptors (Lipinski definition) is 8. The van der Waals surface area contributed by atoms with Crippen LogP contribution in [0.3, 0.4) is 0 Å². The van der Waals surface area contributed by atoms with Gasteiger partial charge in [0.25, 0.3) is 0 Å². The summed E-state index contributed by atoms with van der Waals surface area (Å²) in [6.45, 7) is 7.81. The molecule has 38 heavy (non-hydrogen) atoms. The summed E-state index contributed by atoms with van der Waals surface area (Å²) in [6.07, 6.45) is 0.990. The van der Waals surface area contributed by atoms with E-state index in [1.807, 2.05) is 30.9 Å². The van der Waals surface area contributed by atoms with E-state index < -0.39 is 11.6 Å². The Balaban J connectivity index is 1.24. The second-order valence-corrected chi connectivity index (χ2v) is 10.3. The molecule has 0 atom stereocenters. The Morgan fingerprint density at radius 1 is 1.08 bits per heavy atom. The monoisotopic (exact) mass is 527 g/mol. The number of ether oxygens (including phenoxy) is 2. The van der Waals surface area contributed by atoms with Crippen molar-refractivity contribution in [3.05, 3.63) is 47.8 Å². The molecule has 2 aromatic carbocycles. The third-order valence-corrected chi connectivity index (χ3v) is 7.47. The fourth-order valence-corrected chi connectivity index (χ4v) is 5.50. The van der Waals surface area contributed by atoms with E-state index in [1.54, 1.807) is 12.1 Å². The molecule has 0 aliphatic carbocycles. The van der Waals surface area contributed by atoms with Crippen LogP contribution in [0.25, 0.3) is 11.1 Å². The number of aliphatic carboxylic acids is 1. The van der Waals surface area contributed by atoms with Crippen LogP contribution in [0.4, 0.5) is 4.39 Å². The first-order valence-corrected chi connectivity index (χ1v) is 13.1. The van der Waals surface area contributed by atoms with Gasteiger partial charge in [-0.05, 0) is 49.2 Å². The molecule has 2 aromatic rings. The molecule has 2 N–H and O–H groups in total. The van der Waals surface area contributed by atoms with Crippen molar-refractivity contribution in [2.75, 3.05) is 39.4 Å². The highest BCUT2D eigenvalue weighted by Crippen LogP contribution is 2.42. The van der Waals surface area contributed by atoms with Crippen molar-refractivity contribution in [2.24, 2.45) is 5.16 Å². The van der Waals surface area contributed by atoms with Gasteiger partial charge in [0.1, 0.15) is 23.2 Å². The van der Waals surface area contributed by atoms with E-state index in [4.69, 9.17) is 14.3 Å². The predicted molar refractivity (Wildman–Crippen MR) is 139 cm³/mol. The number of halogens is 1. The number of piperidine rings is 1. The maximum absolute atomic E-state index is 13.5. The molecule has 2 saturated heterocycles. The van der Waals surface area contributed by atoms with Gasteiger partial charge in [-0.3, -0.25) is 4.90 Å². The lowest BCUT2D eigenvalue weighted by Gasteiger charge is -2.45. The molecule has 9 nitrogen and oxygen atoms in total. The van der Waals surface area contributed by atoms with Crippen LogP contribution >= 0.6 is 0 Å². The van der Waals surface area contributed by atoms with Gasteiger partial charge in [-0.1, -0.05) is 17.3 Å². The first kappa shape index (κ1) is 26.2. The minimum atomic E-state index is -1.66. The molecule has 0 unspecified atom stereocenters. The van der Waals surface area contributed by atoms with Gasteiger partial charge < -0.3 is 29.4 Å². The number of carboxylic acid groups (broad SMARTS) is 1. The maximum Gasteiger partial charge on any atom is 0.335 e. The molecule has 3 heterocycles. The Kier molecular flexibility index (Phi) is 7.19. The lowest BCUT2D eigenvalue weighted by atomic mass is 9.88. The van der Waals surface area contributed by atoms with Crippen molar-refractivity contribution in [1.82, 2.24) is 9.80 Å². The van der Waals surface area contributed by atoms with Crippen molar-refractivity contribution >= 4 is 11.8 Å². The summed E-state index contributed by atoms with van der Waals surface area (Å²) < 4.78 is 25.5. The van der Waals surface area contributed by atoms with Crippen molar-refractivity contribution < 1.29 is 33.7 Å². The van der Waals surface area contributed by atoms with Crippen LogP contribution < -0.4 is 9.47 Å². The third kappa shape index (κ3) is 5.15. The molecule has 3 aliphatic rings. The SMILES string of the molecule is CCOc1cc(CN2CC3(CC(N4CCC(O)(C(=O)O)CC4)=NO3)C2)cc(OCC)c1-c1ccc(F)cc1. The summed E-state index contributed by atoms with van der Waals surface area (Å²) in [5, 5.41) is 23.8. The number of rotatable bonds is 8. The average Bonchev–Trinajstić information content (AvgIpc) is 3.31. The molecule has 5 rings (SSSR count). The van der Waals surface area contributed by atoms with E-state index in [0.29, 0.717) is 63.9 Å². The topological polar surface area (TPSA) is 104 Å². The zero-order chi connectivity index (χ0) is 26.9. The summed E-state index contributed by atoms with van der Waals surface area (Å²) in [4.78, 5) is 21.5. The highest BCUT2D eigenvalue weighted by molar-refractivity contribution is 5.85. The second kappa shape index (κ2) is 10.4. The largest absolute Gasteiger partial charge is 0.493 e. The van der Waals surface area contributed by atoms with Crippen molar-refractivity contribution in [3.8, 4) is 22.6 Å². The molecule has 3 aliphatic heterocycles. The first-order chi connectivity index (χ1) is 18.2. The zero-order valence-corrected chi connectivity index (χ0v) is 21.8. The van der Waals surface area contributed by atoms with E-state index in [9.17, 15) is 19.4 Å². The molecule has 2 fully saturated rings. The van der Waals surface area contributed by atoms with E-state index in [1.165, 1.54) is 12.1 Å². The highest BCUT2D eigenvalue weighted by atomic mass is 19.1. The van der Waals surface area contributed by atoms with Crippen molar-refractivity contribution in [3.63, 3.8) is 0 Å². The predicted octanol–water partition coefficient (Wildman–Crippen LogP) is 3.49. The van der Waals surface area contributed by atoms with Gasteiger partial charge in [0, 0.05) is 45.6 Å². The summed E-state index contributed by atoms with van der Waals surface area (Å²) in [6, 6.07) is 10.4. The van der Waals surface area contributed by atoms with E-state index in [0.717, 1.165) is 22.5 Å². The van der Waals surface area contributed by atoms with E-state index >= 15 is 0 Å². The molecular weight excluding hydrogens is 493 g/mol. The van der Waals surface area contributed by atoms with Gasteiger partial charge in [0.05, 0.1) is 25.2 Å². The molecular formula is C28H34FN3O6. The van der Waals surface area contributed by atoms with Gasteiger partial charge >= 0.3 is 5.97 Å². The van der Waals surface area contributed by atoms with Crippen LogP contribution in [-0.4, -0.2) is 82.4 Å².